The number of rotatable bonds is 7. The van der Waals surface area contributed by atoms with E-state index in [1.54, 1.807) is 0 Å². The maximum atomic E-state index is 10.3. The highest BCUT2D eigenvalue weighted by molar-refractivity contribution is 4.92. The Morgan fingerprint density at radius 1 is 0.960 bits per heavy atom. The number of hydrogen-bond donors (Lipinski definition) is 7. The number of aliphatic hydroxyl groups is 6. The lowest BCUT2D eigenvalue weighted by atomic mass is 9.98. The summed E-state index contributed by atoms with van der Waals surface area (Å²) in [6.45, 7) is -0.290. The summed E-state index contributed by atoms with van der Waals surface area (Å²) in [6, 6.07) is 0. The van der Waals surface area contributed by atoms with Crippen molar-refractivity contribution in [1.29, 1.82) is 0 Å². The molecule has 11 nitrogen and oxygen atoms in total. The third-order valence-corrected chi connectivity index (χ3v) is 4.20. The topological polar surface area (TPSA) is 184 Å². The van der Waals surface area contributed by atoms with Gasteiger partial charge in [0, 0.05) is 0 Å². The van der Waals surface area contributed by atoms with E-state index in [1.807, 2.05) is 0 Å². The zero-order chi connectivity index (χ0) is 18.6. The molecule has 0 bridgehead atoms. The predicted molar refractivity (Wildman–Crippen MR) is 80.0 cm³/mol. The average molecular weight is 369 g/mol. The molecule has 0 spiro atoms. The first-order valence-corrected chi connectivity index (χ1v) is 8.16. The minimum Gasteiger partial charge on any atom is -0.394 e. The summed E-state index contributed by atoms with van der Waals surface area (Å²) in [4.78, 5) is 0. The van der Waals surface area contributed by atoms with Crippen molar-refractivity contribution in [2.24, 2.45) is 5.73 Å². The summed E-state index contributed by atoms with van der Waals surface area (Å²) in [5.41, 5.74) is 5.37. The van der Waals surface area contributed by atoms with Crippen LogP contribution in [0.2, 0.25) is 0 Å². The van der Waals surface area contributed by atoms with Gasteiger partial charge in [0.05, 0.1) is 19.8 Å². The van der Waals surface area contributed by atoms with Gasteiger partial charge in [-0.25, -0.2) is 0 Å². The van der Waals surface area contributed by atoms with Crippen molar-refractivity contribution in [3.63, 3.8) is 0 Å². The van der Waals surface area contributed by atoms with Crippen LogP contribution in [0.4, 0.5) is 0 Å². The molecule has 25 heavy (non-hydrogen) atoms. The van der Waals surface area contributed by atoms with Crippen molar-refractivity contribution >= 4 is 0 Å². The number of hydrogen-bond acceptors (Lipinski definition) is 11. The maximum Gasteiger partial charge on any atom is 0.186 e. The molecule has 0 saturated carbocycles. The summed E-state index contributed by atoms with van der Waals surface area (Å²) in [6.07, 6.45) is -11.7. The van der Waals surface area contributed by atoms with E-state index in [2.05, 4.69) is 0 Å². The minimum absolute atomic E-state index is 0.187. The Kier molecular flexibility index (Phi) is 7.91. The standard InChI is InChI=1S/C14H27NO10/c15-2-1-3-22-14-11(21)12(9(19)7(4-16)24-14)25-13-10(20)8(18)6(17)5-23-13/h6-14,16-21H,1-5,15H2/t6-,7-,8+,9-,10-,11-,12+,13-,14-/m1/s1. The van der Waals surface area contributed by atoms with Gasteiger partial charge in [0.15, 0.2) is 12.6 Å². The van der Waals surface area contributed by atoms with Gasteiger partial charge in [-0.1, -0.05) is 0 Å². The zero-order valence-corrected chi connectivity index (χ0v) is 13.6. The Balaban J connectivity index is 2.04. The highest BCUT2D eigenvalue weighted by atomic mass is 16.7. The molecule has 8 N–H and O–H groups in total. The van der Waals surface area contributed by atoms with Crippen LogP contribution in [0.3, 0.4) is 0 Å². The quantitative estimate of drug-likeness (QED) is 0.215. The Hall–Kier alpha value is -0.440. The molecule has 0 aromatic rings. The fraction of sp³-hybridized carbons (Fsp3) is 1.00. The summed E-state index contributed by atoms with van der Waals surface area (Å²) >= 11 is 0. The van der Waals surface area contributed by atoms with Gasteiger partial charge in [-0.05, 0) is 13.0 Å². The zero-order valence-electron chi connectivity index (χ0n) is 13.6. The van der Waals surface area contributed by atoms with Crippen LogP contribution in [0.1, 0.15) is 6.42 Å². The number of aliphatic hydroxyl groups excluding tert-OH is 6. The lowest BCUT2D eigenvalue weighted by molar-refractivity contribution is -0.349. The molecule has 9 atom stereocenters. The van der Waals surface area contributed by atoms with E-state index in [0.29, 0.717) is 13.0 Å². The van der Waals surface area contributed by atoms with Crippen molar-refractivity contribution in [3.8, 4) is 0 Å². The molecule has 0 unspecified atom stereocenters. The summed E-state index contributed by atoms with van der Waals surface area (Å²) < 4.78 is 21.2. The average Bonchev–Trinajstić information content (AvgIpc) is 2.60. The van der Waals surface area contributed by atoms with E-state index in [1.165, 1.54) is 0 Å². The van der Waals surface area contributed by atoms with Crippen molar-refractivity contribution in [3.05, 3.63) is 0 Å². The third-order valence-electron chi connectivity index (χ3n) is 4.20. The summed E-state index contributed by atoms with van der Waals surface area (Å²) in [5, 5.41) is 59.0. The van der Waals surface area contributed by atoms with Gasteiger partial charge in [0.2, 0.25) is 0 Å². The van der Waals surface area contributed by atoms with Gasteiger partial charge in [0.25, 0.3) is 0 Å². The normalized spacial score (nSPS) is 45.5. The fourth-order valence-corrected chi connectivity index (χ4v) is 2.69. The third kappa shape index (κ3) is 4.84. The summed E-state index contributed by atoms with van der Waals surface area (Å²) in [5.74, 6) is 0. The molecule has 0 aromatic carbocycles. The van der Waals surface area contributed by atoms with E-state index in [4.69, 9.17) is 24.7 Å². The van der Waals surface area contributed by atoms with Crippen LogP contribution in [-0.4, -0.2) is 112 Å². The van der Waals surface area contributed by atoms with Gasteiger partial charge in [0.1, 0.15) is 42.7 Å². The van der Waals surface area contributed by atoms with Crippen LogP contribution < -0.4 is 5.73 Å². The van der Waals surface area contributed by atoms with Gasteiger partial charge in [-0.15, -0.1) is 0 Å². The minimum atomic E-state index is -1.59. The van der Waals surface area contributed by atoms with Crippen molar-refractivity contribution in [2.45, 2.75) is 61.7 Å². The molecule has 2 fully saturated rings. The molecular weight excluding hydrogens is 342 g/mol. The van der Waals surface area contributed by atoms with Crippen LogP contribution in [0.5, 0.6) is 0 Å². The SMILES string of the molecule is NCCCO[C@@H]1O[C@H](CO)[C@@H](O)[C@H](O[C@H]2OC[C@@H](O)[C@H](O)[C@H]2O)[C@H]1O. The second-order valence-corrected chi connectivity index (χ2v) is 6.07. The Bertz CT molecular complexity index is 402. The van der Waals surface area contributed by atoms with Crippen LogP contribution in [0, 0.1) is 0 Å². The van der Waals surface area contributed by atoms with Crippen LogP contribution in [-0.2, 0) is 18.9 Å². The maximum absolute atomic E-state index is 10.3. The van der Waals surface area contributed by atoms with Crippen molar-refractivity contribution < 1.29 is 49.6 Å². The molecule has 11 heteroatoms. The highest BCUT2D eigenvalue weighted by Gasteiger charge is 2.49. The van der Waals surface area contributed by atoms with Gasteiger partial charge in [-0.2, -0.15) is 0 Å². The first kappa shape index (κ1) is 20.9. The lowest BCUT2D eigenvalue weighted by Gasteiger charge is -2.44. The Morgan fingerprint density at radius 3 is 2.32 bits per heavy atom. The van der Waals surface area contributed by atoms with Gasteiger partial charge < -0.3 is 55.3 Å². The second-order valence-electron chi connectivity index (χ2n) is 6.07. The molecule has 2 rings (SSSR count). The van der Waals surface area contributed by atoms with E-state index >= 15 is 0 Å². The Labute approximate surface area is 144 Å². The lowest BCUT2D eigenvalue weighted by Crippen LogP contribution is -2.63. The molecule has 0 amide bonds. The van der Waals surface area contributed by atoms with Gasteiger partial charge in [-0.3, -0.25) is 0 Å². The number of ether oxygens (including phenoxy) is 4. The molecule has 2 saturated heterocycles. The van der Waals surface area contributed by atoms with Crippen LogP contribution in [0.25, 0.3) is 0 Å². The van der Waals surface area contributed by atoms with E-state index in [-0.39, 0.29) is 13.2 Å². The highest BCUT2D eigenvalue weighted by Crippen LogP contribution is 2.28. The second kappa shape index (κ2) is 9.48. The molecule has 0 radical (unpaired) electrons. The molecule has 0 aliphatic carbocycles. The van der Waals surface area contributed by atoms with E-state index in [9.17, 15) is 30.6 Å². The smallest absolute Gasteiger partial charge is 0.186 e. The predicted octanol–water partition coefficient (Wildman–Crippen LogP) is -4.38. The summed E-state index contributed by atoms with van der Waals surface area (Å²) in [7, 11) is 0. The van der Waals surface area contributed by atoms with Gasteiger partial charge >= 0.3 is 0 Å². The molecule has 2 heterocycles. The van der Waals surface area contributed by atoms with E-state index < -0.39 is 61.9 Å². The molecule has 148 valence electrons. The number of nitrogens with two attached hydrogens (primary N) is 1. The van der Waals surface area contributed by atoms with E-state index in [0.717, 1.165) is 0 Å². The molecule has 2 aliphatic rings. The molecule has 0 aromatic heterocycles. The largest absolute Gasteiger partial charge is 0.394 e. The molecular formula is C14H27NO10. The van der Waals surface area contributed by atoms with Crippen molar-refractivity contribution in [2.75, 3.05) is 26.4 Å². The van der Waals surface area contributed by atoms with Crippen molar-refractivity contribution in [1.82, 2.24) is 0 Å². The molecule has 2 aliphatic heterocycles. The first-order valence-electron chi connectivity index (χ1n) is 8.16. The first-order chi connectivity index (χ1) is 11.9. The Morgan fingerprint density at radius 2 is 1.68 bits per heavy atom. The fourth-order valence-electron chi connectivity index (χ4n) is 2.69. The van der Waals surface area contributed by atoms with Crippen LogP contribution in [0.15, 0.2) is 0 Å². The van der Waals surface area contributed by atoms with Crippen LogP contribution >= 0.6 is 0 Å². The monoisotopic (exact) mass is 369 g/mol.